The number of carbonyl (C=O) groups excluding carboxylic acids is 10. The number of hydrogen-bond acceptors (Lipinski definition) is 18. The van der Waals surface area contributed by atoms with Gasteiger partial charge in [-0.05, 0) is 75.7 Å². The number of nitro groups is 1. The maximum absolute atomic E-state index is 14.6. The summed E-state index contributed by atoms with van der Waals surface area (Å²) in [6, 6.07) is 4.94. The number of ether oxygens (including phenoxy) is 3. The number of hydrogen-bond donors (Lipinski definition) is 7. The molecule has 2 heterocycles. The zero-order valence-electron chi connectivity index (χ0n) is 67.1. The first-order valence-electron chi connectivity index (χ1n) is 41.6. The lowest BCUT2D eigenvalue weighted by atomic mass is 9.93. The lowest BCUT2D eigenvalue weighted by Crippen LogP contribution is -2.58. The topological polar surface area (TPSA) is 402 Å². The maximum Gasteiger partial charge on any atom is 0.472 e. The Morgan fingerprint density at radius 3 is 1.68 bits per heavy atom. The highest BCUT2D eigenvalue weighted by atomic mass is 31.2. The van der Waals surface area contributed by atoms with Crippen molar-refractivity contribution in [2.24, 2.45) is 22.7 Å². The number of nitrogens with zero attached hydrogens (tertiary/aromatic N) is 4. The average molecular weight is 1570 g/mol. The number of phosphoric ester groups is 1. The molecule has 2 saturated heterocycles. The molecule has 0 spiro atoms. The monoisotopic (exact) mass is 1570 g/mol. The summed E-state index contributed by atoms with van der Waals surface area (Å²) >= 11 is 0. The molecule has 8 N–H and O–H groups in total. The van der Waals surface area contributed by atoms with E-state index in [9.17, 15) is 67.5 Å². The van der Waals surface area contributed by atoms with Crippen LogP contribution in [-0.4, -0.2) is 168 Å². The van der Waals surface area contributed by atoms with Crippen LogP contribution in [0.1, 0.15) is 310 Å². The number of ketones is 1. The fraction of sp³-hybridized carbons (Fsp3) is 0.787. The van der Waals surface area contributed by atoms with E-state index < -0.39 is 134 Å². The highest BCUT2D eigenvalue weighted by molar-refractivity contribution is 7.47. The third-order valence-corrected chi connectivity index (χ3v) is 21.0. The molecule has 2 aliphatic rings. The van der Waals surface area contributed by atoms with E-state index in [-0.39, 0.29) is 103 Å². The van der Waals surface area contributed by atoms with Crippen LogP contribution in [0.15, 0.2) is 35.4 Å². The van der Waals surface area contributed by atoms with Gasteiger partial charge in [-0.3, -0.25) is 57.0 Å². The summed E-state index contributed by atoms with van der Waals surface area (Å²) in [6.45, 7) is 8.22. The summed E-state index contributed by atoms with van der Waals surface area (Å²) in [4.78, 5) is 160. The molecule has 0 aromatic heterocycles. The molecule has 1 aromatic rings. The van der Waals surface area contributed by atoms with E-state index in [0.29, 0.717) is 44.9 Å². The van der Waals surface area contributed by atoms with Gasteiger partial charge in [-0.15, -0.1) is 0 Å². The van der Waals surface area contributed by atoms with E-state index in [1.807, 2.05) is 13.0 Å². The summed E-state index contributed by atoms with van der Waals surface area (Å²) in [7, 11) is -4.76. The van der Waals surface area contributed by atoms with Gasteiger partial charge in [0.1, 0.15) is 36.4 Å². The fourth-order valence-corrected chi connectivity index (χ4v) is 14.4. The van der Waals surface area contributed by atoms with Crippen molar-refractivity contribution in [3.63, 3.8) is 0 Å². The summed E-state index contributed by atoms with van der Waals surface area (Å²) in [5.74, 6) is -7.16. The standard InChI is InChI=1S/C80H137N10O19P/c1-6-9-12-14-16-18-20-22-24-26-28-30-36-50-73(95)105-60-65(109-74(96)51-37-31-29-27-25-23-21-19-17-15-13-10-7-2)61-108-110(103,104)107-56-53-82-70(92)48-38-49-71(93)84-58-72(94)86-75(62(4)5)76(97)85-66(45-33-11-8-3)77(98)89-55-41-47-68(89)78(99)88-54-40-46-67(88)69(91)57-64(44-39-52-83-80(81)87-90(101)102)79(100)106-59-63-42-34-32-35-43-63/h32,34-35,42-43,62,64-68,75H,6-31,33,36-41,44-61H2,1-5H3,(H,82,92)(H,84,93)(H,85,97)(H,86,94)(H,103,104)(H3,81,83,87). The molecular formula is C80H137N10O19P. The van der Waals surface area contributed by atoms with Crippen LogP contribution in [0, 0.1) is 22.0 Å². The van der Waals surface area contributed by atoms with Crippen molar-refractivity contribution in [3.8, 4) is 0 Å². The predicted octanol–water partition coefficient (Wildman–Crippen LogP) is 12.3. The Hall–Kier alpha value is -7.10. The molecule has 29 nitrogen and oxygen atoms in total. The van der Waals surface area contributed by atoms with Crippen LogP contribution in [0.25, 0.3) is 0 Å². The molecule has 30 heteroatoms. The second-order valence-electron chi connectivity index (χ2n) is 29.8. The molecule has 7 atom stereocenters. The number of rotatable bonds is 65. The molecule has 6 amide bonds. The van der Waals surface area contributed by atoms with Crippen molar-refractivity contribution in [1.82, 2.24) is 36.4 Å². The second kappa shape index (κ2) is 59.6. The first kappa shape index (κ1) is 97.1. The molecule has 110 heavy (non-hydrogen) atoms. The highest BCUT2D eigenvalue weighted by Crippen LogP contribution is 2.43. The van der Waals surface area contributed by atoms with Crippen molar-refractivity contribution in [2.75, 3.05) is 52.5 Å². The van der Waals surface area contributed by atoms with Crippen LogP contribution in [0.5, 0.6) is 0 Å². The summed E-state index contributed by atoms with van der Waals surface area (Å²) in [6.07, 6.45) is 33.0. The van der Waals surface area contributed by atoms with Crippen molar-refractivity contribution in [2.45, 2.75) is 341 Å². The molecule has 626 valence electrons. The number of likely N-dealkylation sites (tertiary alicyclic amines) is 2. The number of phosphoric acid groups is 1. The van der Waals surface area contributed by atoms with Crippen LogP contribution in [0.2, 0.25) is 0 Å². The van der Waals surface area contributed by atoms with Crippen molar-refractivity contribution < 1.29 is 85.7 Å². The third-order valence-electron chi connectivity index (χ3n) is 20.0. The smallest absolute Gasteiger partial charge is 0.462 e. The first-order valence-corrected chi connectivity index (χ1v) is 43.1. The van der Waals surface area contributed by atoms with Crippen LogP contribution in [-0.2, 0) is 82.4 Å². The molecule has 0 radical (unpaired) electrons. The Morgan fingerprint density at radius 2 is 1.12 bits per heavy atom. The van der Waals surface area contributed by atoms with Crippen molar-refractivity contribution in [1.29, 1.82) is 0 Å². The van der Waals surface area contributed by atoms with Crippen molar-refractivity contribution in [3.05, 3.63) is 46.0 Å². The zero-order valence-corrected chi connectivity index (χ0v) is 68.0. The second-order valence-corrected chi connectivity index (χ2v) is 31.3. The molecular weight excluding hydrogens is 1440 g/mol. The number of esters is 3. The number of unbranched alkanes of at least 4 members (excludes halogenated alkanes) is 26. The van der Waals surface area contributed by atoms with Gasteiger partial charge in [0.25, 0.3) is 5.96 Å². The zero-order chi connectivity index (χ0) is 80.6. The molecule has 0 aliphatic carbocycles. The maximum atomic E-state index is 14.6. The largest absolute Gasteiger partial charge is 0.472 e. The van der Waals surface area contributed by atoms with Crippen LogP contribution in [0.4, 0.5) is 0 Å². The number of guanidine groups is 1. The van der Waals surface area contributed by atoms with E-state index in [1.54, 1.807) is 38.1 Å². The number of Topliss-reactive ketones (excluding diaryl/α,β-unsaturated/α-hetero) is 1. The number of benzene rings is 1. The number of carbonyl (C=O) groups is 10. The fourth-order valence-electron chi connectivity index (χ4n) is 13.7. The Morgan fingerprint density at radius 1 is 0.591 bits per heavy atom. The van der Waals surface area contributed by atoms with E-state index in [0.717, 1.165) is 63.4 Å². The SMILES string of the molecule is CCCCCCCCCCCCCCCC(=O)OCC(COP(=O)(O)OCCNC(=O)CCCC(=O)NCC(=O)NC(C(=O)NC(CCCCC)C(=O)N1CCCC1C(=O)N1CCCC1C(=O)CC(CCCN/C(N)=N\[N+](=O)[O-])C(=O)OCc1ccccc1)C(C)C)OC(=O)CCCCCCCCCCCCCCC. The minimum absolute atomic E-state index is 0.0391. The van der Waals surface area contributed by atoms with Gasteiger partial charge in [0.05, 0.1) is 31.7 Å². The van der Waals surface area contributed by atoms with Gasteiger partial charge in [-0.25, -0.2) is 14.7 Å². The Labute approximate surface area is 654 Å². The molecule has 2 fully saturated rings. The molecule has 7 unspecified atom stereocenters. The summed E-state index contributed by atoms with van der Waals surface area (Å²) < 4.78 is 40.0. The van der Waals surface area contributed by atoms with Crippen LogP contribution in [0.3, 0.4) is 0 Å². The molecule has 3 rings (SSSR count). The number of amides is 6. The van der Waals surface area contributed by atoms with Crippen LogP contribution < -0.4 is 32.3 Å². The van der Waals surface area contributed by atoms with Gasteiger partial charge in [0.2, 0.25) is 35.4 Å². The van der Waals surface area contributed by atoms with E-state index in [1.165, 1.54) is 119 Å². The number of nitrogens with one attached hydrogen (secondary N) is 5. The van der Waals surface area contributed by atoms with E-state index in [4.69, 9.17) is 29.0 Å². The predicted molar refractivity (Wildman–Crippen MR) is 421 cm³/mol. The molecule has 0 bridgehead atoms. The molecule has 0 saturated carbocycles. The summed E-state index contributed by atoms with van der Waals surface area (Å²) in [5.41, 5.74) is 6.31. The van der Waals surface area contributed by atoms with Crippen LogP contribution >= 0.6 is 7.82 Å². The normalized spacial score (nSPS) is 15.9. The Bertz CT molecular complexity index is 2930. The highest BCUT2D eigenvalue weighted by Gasteiger charge is 2.44. The lowest BCUT2D eigenvalue weighted by Gasteiger charge is -2.33. The summed E-state index contributed by atoms with van der Waals surface area (Å²) in [5, 5.41) is 26.0. The molecule has 2 aliphatic heterocycles. The van der Waals surface area contributed by atoms with Gasteiger partial charge < -0.3 is 61.2 Å². The van der Waals surface area contributed by atoms with Gasteiger partial charge >= 0.3 is 25.7 Å². The van der Waals surface area contributed by atoms with Gasteiger partial charge in [-0.1, -0.05) is 238 Å². The third kappa shape index (κ3) is 44.8. The van der Waals surface area contributed by atoms with Gasteiger partial charge in [-0.2, -0.15) is 0 Å². The Kier molecular flexibility index (Phi) is 52.6. The van der Waals surface area contributed by atoms with Gasteiger partial charge in [0.15, 0.2) is 16.9 Å². The minimum Gasteiger partial charge on any atom is -0.462 e. The van der Waals surface area contributed by atoms with E-state index >= 15 is 0 Å². The molecule has 1 aromatic carbocycles. The lowest BCUT2D eigenvalue weighted by molar-refractivity contribution is -0.485. The quantitative estimate of drug-likeness (QED) is 0.00465. The Balaban J connectivity index is 1.47. The number of hydrazone groups is 1. The number of nitrogens with two attached hydrogens (primary N) is 1. The van der Waals surface area contributed by atoms with E-state index in [2.05, 4.69) is 45.5 Å². The van der Waals surface area contributed by atoms with Gasteiger partial charge in [0, 0.05) is 58.3 Å². The first-order chi connectivity index (χ1) is 53.0. The minimum atomic E-state index is -4.76. The van der Waals surface area contributed by atoms with Crippen molar-refractivity contribution >= 4 is 72.9 Å². The average Bonchev–Trinajstić information content (AvgIpc) is 1.71.